The molecule has 0 aliphatic carbocycles. The van der Waals surface area contributed by atoms with Gasteiger partial charge in [-0.15, -0.1) is 0 Å². The molecular weight excluding hydrogens is 382 g/mol. The molecule has 0 saturated carbocycles. The molecule has 2 heterocycles. The third-order valence-corrected chi connectivity index (χ3v) is 7.42. The predicted molar refractivity (Wildman–Crippen MR) is 103 cm³/mol. The molecule has 28 heavy (non-hydrogen) atoms. The van der Waals surface area contributed by atoms with E-state index in [4.69, 9.17) is 4.74 Å². The lowest BCUT2D eigenvalue weighted by Crippen LogP contribution is -2.53. The third kappa shape index (κ3) is 4.00. The molecule has 0 atom stereocenters. The normalized spacial score (nSPS) is 21.1. The number of likely N-dealkylation sites (tertiary alicyclic amines) is 1. The summed E-state index contributed by atoms with van der Waals surface area (Å²) < 4.78 is 33.8. The van der Waals surface area contributed by atoms with Gasteiger partial charge in [0.05, 0.1) is 13.2 Å². The van der Waals surface area contributed by atoms with Crippen LogP contribution in [0.3, 0.4) is 0 Å². The van der Waals surface area contributed by atoms with Crippen molar-refractivity contribution in [1.29, 1.82) is 0 Å². The number of hydrogen-bond acceptors (Lipinski definition) is 5. The summed E-state index contributed by atoms with van der Waals surface area (Å²) in [6.45, 7) is 3.24. The Morgan fingerprint density at radius 2 is 1.89 bits per heavy atom. The van der Waals surface area contributed by atoms with Gasteiger partial charge in [0.25, 0.3) is 0 Å². The maximum atomic E-state index is 13.3. The smallest absolute Gasteiger partial charge is 0.247 e. The molecule has 2 aliphatic rings. The first-order valence-corrected chi connectivity index (χ1v) is 11.0. The Balaban J connectivity index is 1.94. The Labute approximate surface area is 165 Å². The van der Waals surface area contributed by atoms with Crippen molar-refractivity contribution in [2.24, 2.45) is 5.41 Å². The Bertz CT molecular complexity index is 847. The van der Waals surface area contributed by atoms with Gasteiger partial charge in [0, 0.05) is 38.5 Å². The van der Waals surface area contributed by atoms with E-state index >= 15 is 0 Å². The summed E-state index contributed by atoms with van der Waals surface area (Å²) in [5.41, 5.74) is -0.445. The van der Waals surface area contributed by atoms with Crippen LogP contribution in [0.1, 0.15) is 26.2 Å². The van der Waals surface area contributed by atoms with Crippen LogP contribution in [0.25, 0.3) is 0 Å². The molecular formula is C19H27N3O5S. The number of para-hydroxylation sites is 1. The minimum atomic E-state index is -3.89. The van der Waals surface area contributed by atoms with Gasteiger partial charge in [0.15, 0.2) is 0 Å². The van der Waals surface area contributed by atoms with Gasteiger partial charge in [0.1, 0.15) is 10.6 Å². The molecule has 2 amide bonds. The van der Waals surface area contributed by atoms with Gasteiger partial charge in [-0.2, -0.15) is 4.31 Å². The van der Waals surface area contributed by atoms with Crippen molar-refractivity contribution in [3.05, 3.63) is 24.3 Å². The number of amides is 2. The number of hydrogen-bond donors (Lipinski definition) is 1. The van der Waals surface area contributed by atoms with Crippen LogP contribution in [0.2, 0.25) is 0 Å². The number of rotatable bonds is 3. The van der Waals surface area contributed by atoms with Crippen LogP contribution in [-0.2, 0) is 19.6 Å². The maximum absolute atomic E-state index is 13.3. The molecule has 0 unspecified atom stereocenters. The second kappa shape index (κ2) is 8.08. The van der Waals surface area contributed by atoms with Crippen molar-refractivity contribution in [2.75, 3.05) is 39.8 Å². The number of nitrogens with one attached hydrogen (secondary N) is 1. The summed E-state index contributed by atoms with van der Waals surface area (Å²) in [6.07, 6.45) is 1.70. The van der Waals surface area contributed by atoms with Crippen molar-refractivity contribution in [3.63, 3.8) is 0 Å². The average molecular weight is 410 g/mol. The Hall–Kier alpha value is -2.13. The molecule has 1 fully saturated rings. The van der Waals surface area contributed by atoms with Gasteiger partial charge in [0.2, 0.25) is 21.8 Å². The Kier molecular flexibility index (Phi) is 5.95. The lowest BCUT2D eigenvalue weighted by atomic mass is 9.78. The van der Waals surface area contributed by atoms with Gasteiger partial charge < -0.3 is 15.0 Å². The van der Waals surface area contributed by atoms with Crippen LogP contribution >= 0.6 is 0 Å². The van der Waals surface area contributed by atoms with Gasteiger partial charge in [-0.05, 0) is 25.0 Å². The predicted octanol–water partition coefficient (Wildman–Crippen LogP) is 0.835. The summed E-state index contributed by atoms with van der Waals surface area (Å²) in [5, 5.41) is 2.50. The molecule has 3 rings (SSSR count). The standard InChI is InChI=1S/C19H27N3O5S/c1-3-18(24)21-10-8-19(9-11-21)13-22(12-17(23)20-2)28(25,26)16-7-5-4-6-15(16)27-14-19/h4-7H,3,8-14H2,1-2H3,(H,20,23). The van der Waals surface area contributed by atoms with E-state index in [9.17, 15) is 18.0 Å². The maximum Gasteiger partial charge on any atom is 0.247 e. The fourth-order valence-corrected chi connectivity index (χ4v) is 5.43. The van der Waals surface area contributed by atoms with E-state index in [1.165, 1.54) is 17.4 Å². The molecule has 1 aromatic carbocycles. The third-order valence-electron chi connectivity index (χ3n) is 5.59. The van der Waals surface area contributed by atoms with Crippen LogP contribution < -0.4 is 10.1 Å². The van der Waals surface area contributed by atoms with Gasteiger partial charge >= 0.3 is 0 Å². The van der Waals surface area contributed by atoms with Crippen molar-refractivity contribution >= 4 is 21.8 Å². The first-order chi connectivity index (χ1) is 13.3. The van der Waals surface area contributed by atoms with E-state index in [0.717, 1.165) is 0 Å². The summed E-state index contributed by atoms with van der Waals surface area (Å²) in [4.78, 5) is 25.9. The van der Waals surface area contributed by atoms with E-state index in [0.29, 0.717) is 44.7 Å². The van der Waals surface area contributed by atoms with Crippen molar-refractivity contribution < 1.29 is 22.7 Å². The van der Waals surface area contributed by atoms with E-state index < -0.39 is 15.4 Å². The number of nitrogens with zero attached hydrogens (tertiary/aromatic N) is 2. The zero-order chi connectivity index (χ0) is 20.4. The number of fused-ring (bicyclic) bond motifs is 1. The zero-order valence-corrected chi connectivity index (χ0v) is 17.1. The van der Waals surface area contributed by atoms with Gasteiger partial charge in [-0.3, -0.25) is 9.59 Å². The van der Waals surface area contributed by atoms with Crippen molar-refractivity contribution in [1.82, 2.24) is 14.5 Å². The van der Waals surface area contributed by atoms with Crippen molar-refractivity contribution in [3.8, 4) is 5.75 Å². The largest absolute Gasteiger partial charge is 0.492 e. The molecule has 1 aromatic rings. The van der Waals surface area contributed by atoms with Crippen LogP contribution in [0, 0.1) is 5.41 Å². The van der Waals surface area contributed by atoms with Crippen molar-refractivity contribution in [2.45, 2.75) is 31.1 Å². The molecule has 8 nitrogen and oxygen atoms in total. The summed E-state index contributed by atoms with van der Waals surface area (Å²) in [5.74, 6) is 0.0358. The number of likely N-dealkylation sites (N-methyl/N-ethyl adjacent to an activating group) is 1. The highest BCUT2D eigenvalue weighted by atomic mass is 32.2. The zero-order valence-electron chi connectivity index (χ0n) is 16.3. The van der Waals surface area contributed by atoms with E-state index in [1.54, 1.807) is 18.2 Å². The topological polar surface area (TPSA) is 96.0 Å². The lowest BCUT2D eigenvalue weighted by molar-refractivity contribution is -0.133. The lowest BCUT2D eigenvalue weighted by Gasteiger charge is -2.44. The first kappa shape index (κ1) is 20.6. The summed E-state index contributed by atoms with van der Waals surface area (Å²) in [7, 11) is -2.40. The fourth-order valence-electron chi connectivity index (χ4n) is 3.79. The fraction of sp³-hybridized carbons (Fsp3) is 0.579. The minimum Gasteiger partial charge on any atom is -0.492 e. The second-order valence-corrected chi connectivity index (χ2v) is 9.32. The molecule has 1 spiro atoms. The number of sulfonamides is 1. The molecule has 9 heteroatoms. The summed E-state index contributed by atoms with van der Waals surface area (Å²) >= 11 is 0. The number of benzene rings is 1. The quantitative estimate of drug-likeness (QED) is 0.798. The van der Waals surface area contributed by atoms with Crippen LogP contribution in [0.4, 0.5) is 0 Å². The Morgan fingerprint density at radius 1 is 1.21 bits per heavy atom. The highest BCUT2D eigenvalue weighted by Crippen LogP contribution is 2.39. The van der Waals surface area contributed by atoms with E-state index in [1.807, 2.05) is 11.8 Å². The van der Waals surface area contributed by atoms with E-state index in [2.05, 4.69) is 5.32 Å². The molecule has 154 valence electrons. The highest BCUT2D eigenvalue weighted by molar-refractivity contribution is 7.89. The first-order valence-electron chi connectivity index (χ1n) is 9.52. The SMILES string of the molecule is CCC(=O)N1CCC2(CC1)COc1ccccc1S(=O)(=O)N(CC(=O)NC)C2. The van der Waals surface area contributed by atoms with Crippen LogP contribution in [-0.4, -0.2) is 69.3 Å². The van der Waals surface area contributed by atoms with Gasteiger partial charge in [-0.1, -0.05) is 19.1 Å². The van der Waals surface area contributed by atoms with Crippen LogP contribution in [0.5, 0.6) is 5.75 Å². The van der Waals surface area contributed by atoms with Gasteiger partial charge in [-0.25, -0.2) is 8.42 Å². The number of piperidine rings is 1. The molecule has 1 N–H and O–H groups in total. The monoisotopic (exact) mass is 409 g/mol. The number of ether oxygens (including phenoxy) is 1. The molecule has 0 radical (unpaired) electrons. The molecule has 0 aromatic heterocycles. The number of carbonyl (C=O) groups is 2. The molecule has 2 aliphatic heterocycles. The number of carbonyl (C=O) groups excluding carboxylic acids is 2. The summed E-state index contributed by atoms with van der Waals surface area (Å²) in [6, 6.07) is 6.51. The molecule has 1 saturated heterocycles. The Morgan fingerprint density at radius 3 is 2.54 bits per heavy atom. The highest BCUT2D eigenvalue weighted by Gasteiger charge is 2.43. The minimum absolute atomic E-state index is 0.0762. The molecule has 0 bridgehead atoms. The van der Waals surface area contributed by atoms with Crippen LogP contribution in [0.15, 0.2) is 29.2 Å². The second-order valence-electron chi connectivity index (χ2n) is 7.42. The average Bonchev–Trinajstić information content (AvgIpc) is 2.71. The van der Waals surface area contributed by atoms with E-state index in [-0.39, 0.29) is 29.8 Å².